The maximum absolute atomic E-state index is 13.6. The van der Waals surface area contributed by atoms with Gasteiger partial charge in [-0.2, -0.15) is 0 Å². The molecule has 1 amide bonds. The summed E-state index contributed by atoms with van der Waals surface area (Å²) in [4.78, 5) is 16.4. The first-order valence-corrected chi connectivity index (χ1v) is 12.1. The van der Waals surface area contributed by atoms with Crippen molar-refractivity contribution in [2.45, 2.75) is 5.37 Å². The number of amides is 1. The molecule has 0 spiro atoms. The molecule has 0 aromatic heterocycles. The Morgan fingerprint density at radius 1 is 0.844 bits per heavy atom. The van der Waals surface area contributed by atoms with Crippen molar-refractivity contribution in [1.29, 1.82) is 0 Å². The smallest absolute Gasteiger partial charge is 0.271 e. The van der Waals surface area contributed by atoms with Crippen LogP contribution in [0.2, 0.25) is 10.0 Å². The molecule has 1 atom stereocenters. The van der Waals surface area contributed by atoms with E-state index in [4.69, 9.17) is 23.2 Å². The Balaban J connectivity index is 1.86. The molecule has 4 rings (SSSR count). The zero-order valence-corrected chi connectivity index (χ0v) is 19.7. The highest BCUT2D eigenvalue weighted by atomic mass is 35.5. The summed E-state index contributed by atoms with van der Waals surface area (Å²) in [5, 5.41) is -0.242. The molecule has 164 valence electrons. The van der Waals surface area contributed by atoms with Crippen molar-refractivity contribution in [1.82, 2.24) is 0 Å². The van der Waals surface area contributed by atoms with Crippen molar-refractivity contribution < 1.29 is 13.2 Å². The summed E-state index contributed by atoms with van der Waals surface area (Å²) < 4.78 is 27.2. The van der Waals surface area contributed by atoms with Gasteiger partial charge in [-0.3, -0.25) is 9.69 Å². The number of rotatable bonds is 4. The van der Waals surface area contributed by atoms with Crippen LogP contribution in [0.25, 0.3) is 6.08 Å². The number of halogens is 2. The maximum Gasteiger partial charge on any atom is 0.271 e. The molecule has 0 saturated carbocycles. The fourth-order valence-electron chi connectivity index (χ4n) is 3.58. The van der Waals surface area contributed by atoms with Crippen LogP contribution in [-0.4, -0.2) is 28.4 Å². The lowest BCUT2D eigenvalue weighted by molar-refractivity contribution is -0.114. The fourth-order valence-corrected chi connectivity index (χ4v) is 5.72. The van der Waals surface area contributed by atoms with Crippen molar-refractivity contribution in [2.75, 3.05) is 23.9 Å². The van der Waals surface area contributed by atoms with Crippen molar-refractivity contribution in [3.8, 4) is 0 Å². The molecule has 8 heteroatoms. The molecule has 3 aromatic rings. The summed E-state index contributed by atoms with van der Waals surface area (Å²) >= 11 is 12.0. The molecule has 1 aliphatic rings. The largest absolute Gasteiger partial charge is 0.378 e. The Hall–Kier alpha value is -2.80. The van der Waals surface area contributed by atoms with Crippen LogP contribution in [0, 0.1) is 0 Å². The fraction of sp³-hybridized carbons (Fsp3) is 0.125. The second kappa shape index (κ2) is 8.62. The first-order valence-electron chi connectivity index (χ1n) is 9.76. The molecule has 1 aliphatic heterocycles. The van der Waals surface area contributed by atoms with Gasteiger partial charge in [0.2, 0.25) is 9.84 Å². The standard InChI is InChI=1S/C24H20Cl2N2O3S/c1-27(2)20-11-3-16(4-12-20)15-22-23(29)28(21-13-9-19(26)10-14-21)24(32(22,30)31)17-5-7-18(25)8-6-17/h3-15,24H,1-2H3. The summed E-state index contributed by atoms with van der Waals surface area (Å²) in [6.07, 6.45) is 1.43. The quantitative estimate of drug-likeness (QED) is 0.452. The monoisotopic (exact) mass is 486 g/mol. The van der Waals surface area contributed by atoms with Gasteiger partial charge in [-0.1, -0.05) is 47.5 Å². The summed E-state index contributed by atoms with van der Waals surface area (Å²) in [7, 11) is -0.192. The number of anilines is 2. The molecule has 0 N–H and O–H groups in total. The van der Waals surface area contributed by atoms with Crippen LogP contribution in [0.1, 0.15) is 16.5 Å². The van der Waals surface area contributed by atoms with E-state index < -0.39 is 21.1 Å². The summed E-state index contributed by atoms with van der Waals surface area (Å²) in [6, 6.07) is 20.3. The van der Waals surface area contributed by atoms with E-state index in [1.807, 2.05) is 31.1 Å². The van der Waals surface area contributed by atoms with Crippen LogP contribution in [0.3, 0.4) is 0 Å². The first-order chi connectivity index (χ1) is 15.2. The maximum atomic E-state index is 13.6. The van der Waals surface area contributed by atoms with Crippen molar-refractivity contribution in [3.63, 3.8) is 0 Å². The van der Waals surface area contributed by atoms with Crippen LogP contribution in [0.15, 0.2) is 77.7 Å². The van der Waals surface area contributed by atoms with Gasteiger partial charge in [-0.15, -0.1) is 0 Å². The molecule has 32 heavy (non-hydrogen) atoms. The number of carbonyl (C=O) groups excluding carboxylic acids is 1. The molecule has 1 unspecified atom stereocenters. The van der Waals surface area contributed by atoms with Crippen LogP contribution < -0.4 is 9.80 Å². The molecule has 3 aromatic carbocycles. The van der Waals surface area contributed by atoms with Gasteiger partial charge in [0.1, 0.15) is 4.91 Å². The van der Waals surface area contributed by atoms with Gasteiger partial charge in [-0.05, 0) is 65.7 Å². The molecular weight excluding hydrogens is 467 g/mol. The van der Waals surface area contributed by atoms with Gasteiger partial charge in [0.25, 0.3) is 5.91 Å². The molecular formula is C24H20Cl2N2O3S. The van der Waals surface area contributed by atoms with Crippen LogP contribution in [0.5, 0.6) is 0 Å². The number of hydrogen-bond donors (Lipinski definition) is 0. The molecule has 1 fully saturated rings. The highest BCUT2D eigenvalue weighted by Gasteiger charge is 2.50. The first kappa shape index (κ1) is 22.4. The van der Waals surface area contributed by atoms with E-state index in [9.17, 15) is 13.2 Å². The van der Waals surface area contributed by atoms with Gasteiger partial charge in [0.15, 0.2) is 5.37 Å². The number of benzene rings is 3. The average molecular weight is 487 g/mol. The van der Waals surface area contributed by atoms with Crippen LogP contribution in [-0.2, 0) is 14.6 Å². The molecule has 1 heterocycles. The topological polar surface area (TPSA) is 57.7 Å². The van der Waals surface area contributed by atoms with Crippen LogP contribution in [0.4, 0.5) is 11.4 Å². The predicted molar refractivity (Wildman–Crippen MR) is 131 cm³/mol. The molecule has 0 aliphatic carbocycles. The highest BCUT2D eigenvalue weighted by Crippen LogP contribution is 2.43. The summed E-state index contributed by atoms with van der Waals surface area (Å²) in [5.41, 5.74) is 2.48. The summed E-state index contributed by atoms with van der Waals surface area (Å²) in [5.74, 6) is -0.594. The second-order valence-corrected chi connectivity index (χ2v) is 10.4. The highest BCUT2D eigenvalue weighted by molar-refractivity contribution is 7.97. The predicted octanol–water partition coefficient (Wildman–Crippen LogP) is 5.56. The minimum atomic E-state index is -4.02. The lowest BCUT2D eigenvalue weighted by Crippen LogP contribution is -2.28. The van der Waals surface area contributed by atoms with Gasteiger partial charge in [-0.25, -0.2) is 8.42 Å². The number of sulfone groups is 1. The third-order valence-corrected chi connectivity index (χ3v) is 7.71. The Morgan fingerprint density at radius 3 is 1.91 bits per heavy atom. The minimum Gasteiger partial charge on any atom is -0.378 e. The van der Waals surface area contributed by atoms with Gasteiger partial charge in [0, 0.05) is 35.5 Å². The molecule has 5 nitrogen and oxygen atoms in total. The van der Waals surface area contributed by atoms with Crippen LogP contribution >= 0.6 is 23.2 Å². The zero-order chi connectivity index (χ0) is 23.0. The van der Waals surface area contributed by atoms with Crippen molar-refractivity contribution >= 4 is 56.4 Å². The summed E-state index contributed by atoms with van der Waals surface area (Å²) in [6.45, 7) is 0. The number of nitrogens with zero attached hydrogens (tertiary/aromatic N) is 2. The second-order valence-electron chi connectivity index (χ2n) is 7.60. The van der Waals surface area contributed by atoms with E-state index in [0.29, 0.717) is 26.9 Å². The average Bonchev–Trinajstić information content (AvgIpc) is 2.96. The van der Waals surface area contributed by atoms with E-state index >= 15 is 0 Å². The van der Waals surface area contributed by atoms with E-state index in [1.165, 1.54) is 11.0 Å². The van der Waals surface area contributed by atoms with Gasteiger partial charge in [0.05, 0.1) is 0 Å². The van der Waals surface area contributed by atoms with Gasteiger partial charge < -0.3 is 4.90 Å². The molecule has 1 saturated heterocycles. The Labute approximate surface area is 197 Å². The zero-order valence-electron chi connectivity index (χ0n) is 17.4. The third kappa shape index (κ3) is 4.13. The van der Waals surface area contributed by atoms with E-state index in [2.05, 4.69) is 0 Å². The normalized spacial score (nSPS) is 18.9. The Kier molecular flexibility index (Phi) is 6.03. The SMILES string of the molecule is CN(C)c1ccc(C=C2C(=O)N(c3ccc(Cl)cc3)C(c3ccc(Cl)cc3)S2(=O)=O)cc1. The minimum absolute atomic E-state index is 0.259. The lowest BCUT2D eigenvalue weighted by atomic mass is 10.1. The molecule has 0 radical (unpaired) electrons. The third-order valence-electron chi connectivity index (χ3n) is 5.23. The Morgan fingerprint density at radius 2 is 1.38 bits per heavy atom. The number of carbonyl (C=O) groups is 1. The van der Waals surface area contributed by atoms with Crippen molar-refractivity contribution in [2.24, 2.45) is 0 Å². The molecule has 0 bridgehead atoms. The van der Waals surface area contributed by atoms with E-state index in [0.717, 1.165) is 5.69 Å². The number of hydrogen-bond acceptors (Lipinski definition) is 4. The van der Waals surface area contributed by atoms with Crippen molar-refractivity contribution in [3.05, 3.63) is 98.9 Å². The van der Waals surface area contributed by atoms with Gasteiger partial charge >= 0.3 is 0 Å². The van der Waals surface area contributed by atoms with E-state index in [1.54, 1.807) is 60.7 Å². The lowest BCUT2D eigenvalue weighted by Gasteiger charge is -2.23. The Bertz CT molecular complexity index is 1280. The van der Waals surface area contributed by atoms with E-state index in [-0.39, 0.29) is 4.91 Å².